The fourth-order valence-corrected chi connectivity index (χ4v) is 3.11. The summed E-state index contributed by atoms with van der Waals surface area (Å²) >= 11 is 0. The molecule has 0 saturated heterocycles. The van der Waals surface area contributed by atoms with E-state index in [9.17, 15) is 0 Å². The number of dihydropyridines is 1. The van der Waals surface area contributed by atoms with E-state index in [1.54, 1.807) is 0 Å². The molecule has 3 heteroatoms. The summed E-state index contributed by atoms with van der Waals surface area (Å²) in [5.41, 5.74) is 6.97. The minimum atomic E-state index is 0.472. The number of allylic oxidation sites excluding steroid dienone is 4. The maximum Gasteiger partial charge on any atom is 0.111 e. The molecule has 1 N–H and O–H groups in total. The molecule has 0 amide bonds. The SMILES string of the molecule is CCC1=C2CC(N(C)C)C3=C2C(=CN1)C=COC3. The molecule has 3 aliphatic rings. The second kappa shape index (κ2) is 4.32. The predicted octanol–water partition coefficient (Wildman–Crippen LogP) is 2.31. The normalized spacial score (nSPS) is 25.8. The van der Waals surface area contributed by atoms with Crippen LogP contribution in [0.5, 0.6) is 0 Å². The first kappa shape index (κ1) is 11.6. The molecule has 0 aromatic carbocycles. The molecule has 1 aliphatic carbocycles. The van der Waals surface area contributed by atoms with Crippen LogP contribution in [0.15, 0.2) is 46.5 Å². The van der Waals surface area contributed by atoms with Crippen molar-refractivity contribution < 1.29 is 4.74 Å². The van der Waals surface area contributed by atoms with Gasteiger partial charge in [0.2, 0.25) is 0 Å². The molecule has 3 nitrogen and oxygen atoms in total. The fourth-order valence-electron chi connectivity index (χ4n) is 3.11. The Morgan fingerprint density at radius 1 is 1.44 bits per heavy atom. The Kier molecular flexibility index (Phi) is 2.78. The highest BCUT2D eigenvalue weighted by molar-refractivity contribution is 5.63. The van der Waals surface area contributed by atoms with Crippen LogP contribution in [0.25, 0.3) is 0 Å². The van der Waals surface area contributed by atoms with E-state index in [0.717, 1.165) is 12.8 Å². The topological polar surface area (TPSA) is 24.5 Å². The van der Waals surface area contributed by atoms with Gasteiger partial charge in [0.05, 0.1) is 6.26 Å². The Balaban J connectivity index is 2.14. The van der Waals surface area contributed by atoms with Crippen molar-refractivity contribution in [3.05, 3.63) is 46.5 Å². The standard InChI is InChI=1S/C15H20N2O/c1-4-13-11-7-14(17(2)3)12-9-18-6-5-10(8-16-13)15(11)12/h5-6,8,14,16H,4,7,9H2,1-3H3. The van der Waals surface area contributed by atoms with Crippen molar-refractivity contribution in [3.63, 3.8) is 0 Å². The number of rotatable bonds is 2. The maximum atomic E-state index is 5.61. The van der Waals surface area contributed by atoms with Gasteiger partial charge in [-0.2, -0.15) is 0 Å². The summed E-state index contributed by atoms with van der Waals surface area (Å²) < 4.78 is 5.61. The van der Waals surface area contributed by atoms with Gasteiger partial charge in [-0.15, -0.1) is 0 Å². The first-order chi connectivity index (χ1) is 8.72. The predicted molar refractivity (Wildman–Crippen MR) is 72.7 cm³/mol. The average molecular weight is 244 g/mol. The lowest BCUT2D eigenvalue weighted by Crippen LogP contribution is -2.29. The smallest absolute Gasteiger partial charge is 0.111 e. The van der Waals surface area contributed by atoms with E-state index in [2.05, 4.69) is 43.5 Å². The highest BCUT2D eigenvalue weighted by Crippen LogP contribution is 2.43. The van der Waals surface area contributed by atoms with Crippen molar-refractivity contribution in [1.82, 2.24) is 10.2 Å². The molecule has 3 rings (SSSR count). The van der Waals surface area contributed by atoms with E-state index >= 15 is 0 Å². The summed E-state index contributed by atoms with van der Waals surface area (Å²) in [7, 11) is 4.30. The highest BCUT2D eigenvalue weighted by atomic mass is 16.5. The summed E-state index contributed by atoms with van der Waals surface area (Å²) in [6, 6.07) is 0.472. The Bertz CT molecular complexity index is 495. The molecular weight excluding hydrogens is 224 g/mol. The van der Waals surface area contributed by atoms with Gasteiger partial charge in [-0.05, 0) is 49.7 Å². The van der Waals surface area contributed by atoms with Gasteiger partial charge in [-0.3, -0.25) is 0 Å². The lowest BCUT2D eigenvalue weighted by Gasteiger charge is -2.22. The zero-order valence-electron chi connectivity index (χ0n) is 11.3. The van der Waals surface area contributed by atoms with E-state index in [1.165, 1.54) is 28.0 Å². The van der Waals surface area contributed by atoms with Crippen molar-refractivity contribution in [2.24, 2.45) is 0 Å². The zero-order chi connectivity index (χ0) is 12.7. The minimum absolute atomic E-state index is 0.472. The van der Waals surface area contributed by atoms with Gasteiger partial charge in [0.15, 0.2) is 0 Å². The van der Waals surface area contributed by atoms with E-state index in [1.807, 2.05) is 6.26 Å². The van der Waals surface area contributed by atoms with Crippen LogP contribution in [0.1, 0.15) is 19.8 Å². The molecule has 0 aromatic rings. The summed E-state index contributed by atoms with van der Waals surface area (Å²) in [5.74, 6) is 0. The molecule has 0 saturated carbocycles. The Hall–Kier alpha value is -1.48. The first-order valence-corrected chi connectivity index (χ1v) is 6.59. The second-order valence-corrected chi connectivity index (χ2v) is 5.25. The van der Waals surface area contributed by atoms with E-state index < -0.39 is 0 Å². The Labute approximate surface area is 108 Å². The highest BCUT2D eigenvalue weighted by Gasteiger charge is 2.35. The van der Waals surface area contributed by atoms with Gasteiger partial charge in [-0.25, -0.2) is 0 Å². The molecule has 18 heavy (non-hydrogen) atoms. The molecular formula is C15H20N2O. The number of hydrogen-bond acceptors (Lipinski definition) is 3. The van der Waals surface area contributed by atoms with Crippen molar-refractivity contribution >= 4 is 0 Å². The van der Waals surface area contributed by atoms with Gasteiger partial charge in [-0.1, -0.05) is 6.92 Å². The average Bonchev–Trinajstić information content (AvgIpc) is 2.61. The van der Waals surface area contributed by atoms with Crippen LogP contribution in [0, 0.1) is 0 Å². The van der Waals surface area contributed by atoms with Crippen LogP contribution in [-0.2, 0) is 4.74 Å². The first-order valence-electron chi connectivity index (χ1n) is 6.59. The van der Waals surface area contributed by atoms with Crippen LogP contribution in [-0.4, -0.2) is 31.6 Å². The lowest BCUT2D eigenvalue weighted by atomic mass is 9.94. The lowest BCUT2D eigenvalue weighted by molar-refractivity contribution is 0.248. The Morgan fingerprint density at radius 2 is 2.28 bits per heavy atom. The van der Waals surface area contributed by atoms with Crippen molar-refractivity contribution in [1.29, 1.82) is 0 Å². The summed E-state index contributed by atoms with van der Waals surface area (Å²) in [6.45, 7) is 2.92. The molecule has 0 fully saturated rings. The number of ether oxygens (including phenoxy) is 1. The fraction of sp³-hybridized carbons (Fsp3) is 0.467. The van der Waals surface area contributed by atoms with Crippen molar-refractivity contribution in [2.45, 2.75) is 25.8 Å². The van der Waals surface area contributed by atoms with Crippen LogP contribution < -0.4 is 5.32 Å². The molecule has 1 unspecified atom stereocenters. The van der Waals surface area contributed by atoms with Crippen molar-refractivity contribution in [3.8, 4) is 0 Å². The third-order valence-electron chi connectivity index (χ3n) is 4.04. The molecule has 0 radical (unpaired) electrons. The van der Waals surface area contributed by atoms with Crippen molar-refractivity contribution in [2.75, 3.05) is 20.7 Å². The molecule has 0 spiro atoms. The maximum absolute atomic E-state index is 5.61. The quantitative estimate of drug-likeness (QED) is 0.806. The summed E-state index contributed by atoms with van der Waals surface area (Å²) in [4.78, 5) is 2.30. The minimum Gasteiger partial charge on any atom is -0.497 e. The number of hydrogen-bond donors (Lipinski definition) is 1. The number of nitrogens with zero attached hydrogens (tertiary/aromatic N) is 1. The second-order valence-electron chi connectivity index (χ2n) is 5.25. The Morgan fingerprint density at radius 3 is 3.00 bits per heavy atom. The van der Waals surface area contributed by atoms with Crippen LogP contribution in [0.4, 0.5) is 0 Å². The summed E-state index contributed by atoms with van der Waals surface area (Å²) in [6.07, 6.45) is 8.15. The molecule has 2 aliphatic heterocycles. The zero-order valence-corrected chi connectivity index (χ0v) is 11.3. The molecule has 0 bridgehead atoms. The van der Waals surface area contributed by atoms with Gasteiger partial charge < -0.3 is 15.0 Å². The van der Waals surface area contributed by atoms with Gasteiger partial charge in [0.1, 0.15) is 6.61 Å². The third kappa shape index (κ3) is 1.62. The molecule has 96 valence electrons. The van der Waals surface area contributed by atoms with Crippen LogP contribution >= 0.6 is 0 Å². The third-order valence-corrected chi connectivity index (χ3v) is 4.04. The number of likely N-dealkylation sites (N-methyl/N-ethyl adjacent to an activating group) is 1. The van der Waals surface area contributed by atoms with E-state index in [0.29, 0.717) is 12.6 Å². The van der Waals surface area contributed by atoms with Gasteiger partial charge in [0, 0.05) is 23.5 Å². The molecule has 2 heterocycles. The van der Waals surface area contributed by atoms with Gasteiger partial charge in [0.25, 0.3) is 0 Å². The van der Waals surface area contributed by atoms with E-state index in [4.69, 9.17) is 4.74 Å². The summed E-state index contributed by atoms with van der Waals surface area (Å²) in [5, 5.41) is 3.44. The van der Waals surface area contributed by atoms with Crippen LogP contribution in [0.2, 0.25) is 0 Å². The molecule has 1 atom stereocenters. The largest absolute Gasteiger partial charge is 0.497 e. The monoisotopic (exact) mass is 244 g/mol. The molecule has 0 aromatic heterocycles. The van der Waals surface area contributed by atoms with Gasteiger partial charge >= 0.3 is 0 Å². The van der Waals surface area contributed by atoms with E-state index in [-0.39, 0.29) is 0 Å². The van der Waals surface area contributed by atoms with Crippen LogP contribution in [0.3, 0.4) is 0 Å². The number of nitrogens with one attached hydrogen (secondary N) is 1.